The van der Waals surface area contributed by atoms with Crippen molar-refractivity contribution in [3.8, 4) is 11.1 Å². The first-order chi connectivity index (χ1) is 36.6. The predicted molar refractivity (Wildman–Crippen MR) is 318 cm³/mol. The van der Waals surface area contributed by atoms with E-state index in [1.807, 2.05) is 0 Å². The molecule has 0 atom stereocenters. The van der Waals surface area contributed by atoms with Crippen molar-refractivity contribution >= 4 is 58.4 Å². The summed E-state index contributed by atoms with van der Waals surface area (Å²) in [4.78, 5) is 0. The van der Waals surface area contributed by atoms with Crippen LogP contribution in [0.3, 0.4) is 0 Å². The number of hydrogen-bond donors (Lipinski definition) is 0. The molecule has 11 aromatic carbocycles. The summed E-state index contributed by atoms with van der Waals surface area (Å²) in [6.45, 7) is 0. The fourth-order valence-corrected chi connectivity index (χ4v) is 9.75. The molecule has 0 heterocycles. The molecule has 0 nitrogen and oxygen atoms in total. The summed E-state index contributed by atoms with van der Waals surface area (Å²) in [5, 5.41) is 2.47. The molecule has 0 heteroatoms. The van der Waals surface area contributed by atoms with Crippen LogP contribution in [0.25, 0.3) is 69.5 Å². The van der Waals surface area contributed by atoms with Crippen LogP contribution in [0.1, 0.15) is 77.9 Å². The maximum atomic E-state index is 2.35. The van der Waals surface area contributed by atoms with Gasteiger partial charge in [0.1, 0.15) is 0 Å². The highest BCUT2D eigenvalue weighted by Crippen LogP contribution is 2.32. The van der Waals surface area contributed by atoms with E-state index in [9.17, 15) is 0 Å². The molecule has 352 valence electrons. The second-order valence-electron chi connectivity index (χ2n) is 18.9. The molecule has 0 aliphatic rings. The maximum absolute atomic E-state index is 2.35. The molecule has 0 N–H and O–H groups in total. The Kier molecular flexibility index (Phi) is 14.5. The molecule has 0 amide bonds. The van der Waals surface area contributed by atoms with E-state index < -0.39 is 0 Å². The molecular weight excluding hydrogens is 889 g/mol. The Morgan fingerprint density at radius 1 is 0.243 bits per heavy atom. The molecular formula is C74H56. The van der Waals surface area contributed by atoms with E-state index in [0.717, 1.165) is 24.0 Å². The molecule has 0 aromatic heterocycles. The highest BCUT2D eigenvalue weighted by atomic mass is 14.2. The Morgan fingerprint density at radius 3 is 1.07 bits per heavy atom. The van der Waals surface area contributed by atoms with Gasteiger partial charge in [0, 0.05) is 0 Å². The molecule has 0 fully saturated rings. The van der Waals surface area contributed by atoms with Crippen LogP contribution >= 0.6 is 0 Å². The Morgan fingerprint density at radius 2 is 0.595 bits per heavy atom. The molecule has 0 saturated heterocycles. The number of benzene rings is 11. The minimum absolute atomic E-state index is 0.911. The zero-order valence-electron chi connectivity index (χ0n) is 41.4. The molecule has 0 unspecified atom stereocenters. The van der Waals surface area contributed by atoms with Crippen LogP contribution in [0.4, 0.5) is 0 Å². The Balaban J connectivity index is 0.799. The van der Waals surface area contributed by atoms with Crippen LogP contribution in [-0.4, -0.2) is 0 Å². The highest BCUT2D eigenvalue weighted by Gasteiger charge is 2.11. The van der Waals surface area contributed by atoms with Crippen molar-refractivity contribution < 1.29 is 0 Å². The number of fused-ring (bicyclic) bond motifs is 1. The molecule has 0 aliphatic heterocycles. The van der Waals surface area contributed by atoms with Crippen molar-refractivity contribution in [2.75, 3.05) is 0 Å². The third kappa shape index (κ3) is 11.7. The minimum Gasteiger partial charge on any atom is -0.0622 e. The van der Waals surface area contributed by atoms with Crippen molar-refractivity contribution in [1.82, 2.24) is 0 Å². The normalized spacial score (nSPS) is 11.9. The van der Waals surface area contributed by atoms with Crippen LogP contribution in [-0.2, 0) is 12.8 Å². The van der Waals surface area contributed by atoms with Gasteiger partial charge >= 0.3 is 0 Å². The van der Waals surface area contributed by atoms with Gasteiger partial charge in [-0.15, -0.1) is 0 Å². The van der Waals surface area contributed by atoms with E-state index in [1.165, 1.54) is 99.8 Å². The third-order valence-corrected chi connectivity index (χ3v) is 13.8. The van der Waals surface area contributed by atoms with E-state index in [4.69, 9.17) is 0 Å². The summed E-state index contributed by atoms with van der Waals surface area (Å²) < 4.78 is 0. The Labute approximate surface area is 437 Å². The van der Waals surface area contributed by atoms with E-state index >= 15 is 0 Å². The van der Waals surface area contributed by atoms with Crippen LogP contribution in [0.5, 0.6) is 0 Å². The van der Waals surface area contributed by atoms with Crippen molar-refractivity contribution in [2.45, 2.75) is 12.8 Å². The second-order valence-corrected chi connectivity index (χ2v) is 18.9. The predicted octanol–water partition coefficient (Wildman–Crippen LogP) is 19.2. The molecule has 0 aliphatic carbocycles. The van der Waals surface area contributed by atoms with Crippen molar-refractivity contribution in [3.63, 3.8) is 0 Å². The molecule has 0 spiro atoms. The molecule has 0 radical (unpaired) electrons. The number of hydrogen-bond acceptors (Lipinski definition) is 0. The topological polar surface area (TPSA) is 0 Å². The number of rotatable bonds is 15. The molecule has 0 saturated carbocycles. The SMILES string of the molecule is C(=Cc1ccccc1C=C(c1ccccc1)c1ccc(Cc2ccccc2)cc1)c1ccc(-c2ccc(C=Cc3ccccc3C=C(c3ccc(Cc4ccccc4)cc3)c3ccc4ccccc4c3)cc2)cc1. The monoisotopic (exact) mass is 944 g/mol. The Bertz CT molecular complexity index is 3740. The van der Waals surface area contributed by atoms with Crippen molar-refractivity contribution in [3.05, 3.63) is 357 Å². The molecule has 11 rings (SSSR count). The van der Waals surface area contributed by atoms with Gasteiger partial charge in [0.2, 0.25) is 0 Å². The molecule has 11 aromatic rings. The highest BCUT2D eigenvalue weighted by molar-refractivity contribution is 5.97. The Hall–Kier alpha value is -9.36. The first-order valence-corrected chi connectivity index (χ1v) is 25.6. The third-order valence-electron chi connectivity index (χ3n) is 13.8. The fourth-order valence-electron chi connectivity index (χ4n) is 9.75. The standard InChI is InChI=1S/C74H56/c1-4-16-57(17-5-1)50-59-34-44-67(45-35-59)73(66-23-8-3-9-24-66)53-70-26-14-11-20-61(70)38-28-55-30-40-64(41-31-55)65-42-32-56(33-43-65)29-39-62-21-12-15-27-71(62)54-74(72-49-48-63-22-10-13-25-69(63)52-72)68-46-36-60(37-47-68)51-58-18-6-2-7-19-58/h1-49,52-54H,50-51H2. The first kappa shape index (κ1) is 47.0. The molecule has 0 bridgehead atoms. The van der Waals surface area contributed by atoms with E-state index in [-0.39, 0.29) is 0 Å². The van der Waals surface area contributed by atoms with E-state index in [2.05, 4.69) is 316 Å². The second kappa shape index (κ2) is 22.8. The van der Waals surface area contributed by atoms with Gasteiger partial charge in [-0.2, -0.15) is 0 Å². The zero-order chi connectivity index (χ0) is 49.7. The zero-order valence-corrected chi connectivity index (χ0v) is 41.4. The van der Waals surface area contributed by atoms with Gasteiger partial charge in [-0.1, -0.05) is 297 Å². The first-order valence-electron chi connectivity index (χ1n) is 25.6. The van der Waals surface area contributed by atoms with Gasteiger partial charge in [0.15, 0.2) is 0 Å². The van der Waals surface area contributed by atoms with E-state index in [0.29, 0.717) is 0 Å². The lowest BCUT2D eigenvalue weighted by Crippen LogP contribution is -1.92. The van der Waals surface area contributed by atoms with Crippen LogP contribution in [0.2, 0.25) is 0 Å². The smallest absolute Gasteiger partial charge is 0.00258 e. The van der Waals surface area contributed by atoms with Crippen LogP contribution in [0, 0.1) is 0 Å². The summed E-state index contributed by atoms with van der Waals surface area (Å²) in [5.74, 6) is 0. The average molecular weight is 945 g/mol. The summed E-state index contributed by atoms with van der Waals surface area (Å²) in [7, 11) is 0. The minimum atomic E-state index is 0.911. The van der Waals surface area contributed by atoms with Gasteiger partial charge in [0.05, 0.1) is 0 Å². The molecule has 74 heavy (non-hydrogen) atoms. The fraction of sp³-hybridized carbons (Fsp3) is 0.0270. The quantitative estimate of drug-likeness (QED) is 0.0899. The van der Waals surface area contributed by atoms with Gasteiger partial charge in [-0.25, -0.2) is 0 Å². The summed E-state index contributed by atoms with van der Waals surface area (Å²) >= 11 is 0. The van der Waals surface area contributed by atoms with Crippen LogP contribution in [0.15, 0.2) is 279 Å². The lowest BCUT2D eigenvalue weighted by atomic mass is 9.91. The summed E-state index contributed by atoms with van der Waals surface area (Å²) in [6.07, 6.45) is 15.4. The lowest BCUT2D eigenvalue weighted by Gasteiger charge is -2.13. The summed E-state index contributed by atoms with van der Waals surface area (Å²) in [5.41, 5.74) is 21.8. The van der Waals surface area contributed by atoms with Gasteiger partial charge in [-0.3, -0.25) is 0 Å². The lowest BCUT2D eigenvalue weighted by molar-refractivity contribution is 1.19. The van der Waals surface area contributed by atoms with Crippen molar-refractivity contribution in [2.24, 2.45) is 0 Å². The summed E-state index contributed by atoms with van der Waals surface area (Å²) in [6, 6.07) is 101. The average Bonchev–Trinajstić information content (AvgIpc) is 3.47. The maximum Gasteiger partial charge on any atom is -0.00258 e. The van der Waals surface area contributed by atoms with Gasteiger partial charge < -0.3 is 0 Å². The largest absolute Gasteiger partial charge is 0.0622 e. The van der Waals surface area contributed by atoms with Gasteiger partial charge in [-0.05, 0) is 142 Å². The van der Waals surface area contributed by atoms with Crippen LogP contribution < -0.4 is 0 Å². The van der Waals surface area contributed by atoms with Gasteiger partial charge in [0.25, 0.3) is 0 Å². The van der Waals surface area contributed by atoms with E-state index in [1.54, 1.807) is 0 Å². The van der Waals surface area contributed by atoms with Crippen molar-refractivity contribution in [1.29, 1.82) is 0 Å².